The van der Waals surface area contributed by atoms with E-state index in [0.29, 0.717) is 25.6 Å². The first-order valence-corrected chi connectivity index (χ1v) is 7.78. The van der Waals surface area contributed by atoms with Crippen LogP contribution in [0.1, 0.15) is 13.8 Å². The van der Waals surface area contributed by atoms with Crippen LogP contribution in [-0.2, 0) is 4.74 Å². The average molecular weight is 390 g/mol. The van der Waals surface area contributed by atoms with Crippen LogP contribution in [0, 0.1) is 9.62 Å². The molecule has 6 nitrogen and oxygen atoms in total. The Kier molecular flexibility index (Phi) is 5.38. The van der Waals surface area contributed by atoms with Gasteiger partial charge in [0.25, 0.3) is 0 Å². The smallest absolute Gasteiger partial charge is 0.409 e. The fourth-order valence-corrected chi connectivity index (χ4v) is 2.19. The van der Waals surface area contributed by atoms with Crippen LogP contribution in [0.2, 0.25) is 0 Å². The molecule has 1 saturated heterocycles. The molecule has 1 aromatic heterocycles. The van der Waals surface area contributed by atoms with Gasteiger partial charge in [-0.05, 0) is 28.5 Å². The first-order valence-electron chi connectivity index (χ1n) is 6.70. The van der Waals surface area contributed by atoms with Crippen molar-refractivity contribution in [2.45, 2.75) is 13.8 Å². The van der Waals surface area contributed by atoms with E-state index in [4.69, 9.17) is 4.74 Å². The van der Waals surface area contributed by atoms with E-state index in [1.54, 1.807) is 17.3 Å². The fraction of sp³-hybridized carbons (Fsp3) is 0.615. The highest BCUT2D eigenvalue weighted by Gasteiger charge is 2.23. The Morgan fingerprint density at radius 1 is 1.30 bits per heavy atom. The Balaban J connectivity index is 1.83. The maximum absolute atomic E-state index is 11.8. The number of halogens is 1. The van der Waals surface area contributed by atoms with Gasteiger partial charge in [-0.1, -0.05) is 13.8 Å². The van der Waals surface area contributed by atoms with Crippen molar-refractivity contribution in [3.8, 4) is 0 Å². The Morgan fingerprint density at radius 3 is 2.55 bits per heavy atom. The van der Waals surface area contributed by atoms with Gasteiger partial charge >= 0.3 is 6.09 Å². The lowest BCUT2D eigenvalue weighted by Crippen LogP contribution is -2.49. The molecular formula is C13H19IN4O2. The van der Waals surface area contributed by atoms with E-state index < -0.39 is 0 Å². The van der Waals surface area contributed by atoms with Gasteiger partial charge in [0.1, 0.15) is 9.52 Å². The summed E-state index contributed by atoms with van der Waals surface area (Å²) in [6.45, 7) is 7.36. The molecule has 0 saturated carbocycles. The van der Waals surface area contributed by atoms with E-state index in [0.717, 1.165) is 22.6 Å². The number of anilines is 1. The summed E-state index contributed by atoms with van der Waals surface area (Å²) in [4.78, 5) is 24.3. The molecule has 7 heteroatoms. The monoisotopic (exact) mass is 390 g/mol. The van der Waals surface area contributed by atoms with Crippen molar-refractivity contribution in [2.75, 3.05) is 37.7 Å². The second-order valence-electron chi connectivity index (χ2n) is 5.14. The summed E-state index contributed by atoms with van der Waals surface area (Å²) in [6.07, 6.45) is 3.31. The lowest BCUT2D eigenvalue weighted by Gasteiger charge is -2.34. The van der Waals surface area contributed by atoms with E-state index in [1.165, 1.54) is 0 Å². The van der Waals surface area contributed by atoms with Gasteiger partial charge in [0.05, 0.1) is 19.0 Å². The highest BCUT2D eigenvalue weighted by atomic mass is 127. The quantitative estimate of drug-likeness (QED) is 0.739. The van der Waals surface area contributed by atoms with Crippen LogP contribution in [0.15, 0.2) is 12.4 Å². The predicted octanol–water partition coefficient (Wildman–Crippen LogP) is 2.00. The molecule has 0 aromatic carbocycles. The normalized spacial score (nSPS) is 15.6. The van der Waals surface area contributed by atoms with Gasteiger partial charge in [-0.3, -0.25) is 0 Å². The second-order valence-corrected chi connectivity index (χ2v) is 6.25. The number of aromatic nitrogens is 2. The van der Waals surface area contributed by atoms with Crippen molar-refractivity contribution in [1.82, 2.24) is 14.9 Å². The van der Waals surface area contributed by atoms with E-state index in [2.05, 4.69) is 37.5 Å². The van der Waals surface area contributed by atoms with Gasteiger partial charge in [0, 0.05) is 26.2 Å². The lowest BCUT2D eigenvalue weighted by atomic mass is 10.2. The molecule has 2 heterocycles. The Morgan fingerprint density at radius 2 is 2.00 bits per heavy atom. The molecule has 2 rings (SSSR count). The van der Waals surface area contributed by atoms with Crippen LogP contribution in [0.5, 0.6) is 0 Å². The Bertz CT molecular complexity index is 444. The molecule has 0 unspecified atom stereocenters. The number of hydrogen-bond donors (Lipinski definition) is 0. The number of nitrogens with zero attached hydrogens (tertiary/aromatic N) is 4. The van der Waals surface area contributed by atoms with Gasteiger partial charge in [-0.15, -0.1) is 0 Å². The molecule has 20 heavy (non-hydrogen) atoms. The molecule has 0 spiro atoms. The third kappa shape index (κ3) is 4.19. The first-order chi connectivity index (χ1) is 9.56. The van der Waals surface area contributed by atoms with Crippen LogP contribution in [0.4, 0.5) is 10.6 Å². The summed E-state index contributed by atoms with van der Waals surface area (Å²) in [5.41, 5.74) is 0. The zero-order valence-corrected chi connectivity index (χ0v) is 13.9. The molecule has 0 atom stereocenters. The standard InChI is InChI=1S/C13H19IN4O2/c1-10(2)9-20-13(19)18-5-3-17(4-6-18)12-8-15-11(14)7-16-12/h7-8,10H,3-6,9H2,1-2H3. The average Bonchev–Trinajstić information content (AvgIpc) is 2.46. The minimum absolute atomic E-state index is 0.216. The molecule has 0 N–H and O–H groups in total. The summed E-state index contributed by atoms with van der Waals surface area (Å²) in [5.74, 6) is 1.22. The predicted molar refractivity (Wildman–Crippen MR) is 84.7 cm³/mol. The second kappa shape index (κ2) is 7.05. The van der Waals surface area contributed by atoms with Gasteiger partial charge in [0.2, 0.25) is 0 Å². The Labute approximate surface area is 132 Å². The molecule has 0 aliphatic carbocycles. The SMILES string of the molecule is CC(C)COC(=O)N1CCN(c2cnc(I)cn2)CC1. The van der Waals surface area contributed by atoms with E-state index in [-0.39, 0.29) is 6.09 Å². The van der Waals surface area contributed by atoms with Crippen molar-refractivity contribution in [3.05, 3.63) is 16.1 Å². The van der Waals surface area contributed by atoms with Crippen LogP contribution < -0.4 is 4.90 Å². The molecule has 1 aliphatic heterocycles. The number of carbonyl (C=O) groups excluding carboxylic acids is 1. The summed E-state index contributed by atoms with van der Waals surface area (Å²) in [6, 6.07) is 0. The van der Waals surface area contributed by atoms with E-state index >= 15 is 0 Å². The third-order valence-corrected chi connectivity index (χ3v) is 3.57. The number of carbonyl (C=O) groups is 1. The van der Waals surface area contributed by atoms with Crippen molar-refractivity contribution in [3.63, 3.8) is 0 Å². The number of piperazine rings is 1. The van der Waals surface area contributed by atoms with Gasteiger partial charge in [-0.25, -0.2) is 14.8 Å². The Hall–Kier alpha value is -1.12. The summed E-state index contributed by atoms with van der Waals surface area (Å²) in [7, 11) is 0. The minimum atomic E-state index is -0.216. The summed E-state index contributed by atoms with van der Waals surface area (Å²) >= 11 is 2.13. The van der Waals surface area contributed by atoms with Crippen LogP contribution in [-0.4, -0.2) is 53.7 Å². The fourth-order valence-electron chi connectivity index (χ4n) is 1.92. The summed E-state index contributed by atoms with van der Waals surface area (Å²) < 4.78 is 6.12. The maximum Gasteiger partial charge on any atom is 0.409 e. The number of ether oxygens (including phenoxy) is 1. The maximum atomic E-state index is 11.8. The number of amides is 1. The highest BCUT2D eigenvalue weighted by molar-refractivity contribution is 14.1. The van der Waals surface area contributed by atoms with E-state index in [1.807, 2.05) is 13.8 Å². The zero-order valence-electron chi connectivity index (χ0n) is 11.8. The molecular weight excluding hydrogens is 371 g/mol. The molecule has 0 bridgehead atoms. The first kappa shape index (κ1) is 15.3. The minimum Gasteiger partial charge on any atom is -0.449 e. The largest absolute Gasteiger partial charge is 0.449 e. The molecule has 1 aliphatic rings. The molecule has 0 radical (unpaired) electrons. The molecule has 1 fully saturated rings. The van der Waals surface area contributed by atoms with Crippen LogP contribution >= 0.6 is 22.6 Å². The molecule has 110 valence electrons. The summed E-state index contributed by atoms with van der Waals surface area (Å²) in [5, 5.41) is 0. The van der Waals surface area contributed by atoms with Gasteiger partial charge in [0.15, 0.2) is 0 Å². The van der Waals surface area contributed by atoms with E-state index in [9.17, 15) is 4.79 Å². The van der Waals surface area contributed by atoms with Crippen molar-refractivity contribution >= 4 is 34.5 Å². The molecule has 1 aromatic rings. The van der Waals surface area contributed by atoms with Crippen molar-refractivity contribution in [1.29, 1.82) is 0 Å². The van der Waals surface area contributed by atoms with Crippen molar-refractivity contribution < 1.29 is 9.53 Å². The third-order valence-electron chi connectivity index (χ3n) is 3.01. The van der Waals surface area contributed by atoms with Gasteiger partial charge < -0.3 is 14.5 Å². The number of rotatable bonds is 3. The van der Waals surface area contributed by atoms with Crippen LogP contribution in [0.25, 0.3) is 0 Å². The molecule has 1 amide bonds. The van der Waals surface area contributed by atoms with Gasteiger partial charge in [-0.2, -0.15) is 0 Å². The van der Waals surface area contributed by atoms with Crippen molar-refractivity contribution in [2.24, 2.45) is 5.92 Å². The topological polar surface area (TPSA) is 58.6 Å². The van der Waals surface area contributed by atoms with Crippen LogP contribution in [0.3, 0.4) is 0 Å². The lowest BCUT2D eigenvalue weighted by molar-refractivity contribution is 0.0901. The highest BCUT2D eigenvalue weighted by Crippen LogP contribution is 2.13. The number of hydrogen-bond acceptors (Lipinski definition) is 5. The zero-order chi connectivity index (χ0) is 14.5.